The molecule has 6 heteroatoms. The summed E-state index contributed by atoms with van der Waals surface area (Å²) in [5.41, 5.74) is 0.291. The van der Waals surface area contributed by atoms with Crippen LogP contribution in [0.25, 0.3) is 0 Å². The van der Waals surface area contributed by atoms with Gasteiger partial charge in [-0.25, -0.2) is 4.79 Å². The Labute approximate surface area is 98.3 Å². The highest BCUT2D eigenvalue weighted by Gasteiger charge is 2.19. The third-order valence-electron chi connectivity index (χ3n) is 1.91. The van der Waals surface area contributed by atoms with Crippen molar-refractivity contribution in [2.75, 3.05) is 6.61 Å². The zero-order valence-electron chi connectivity index (χ0n) is 9.36. The first kappa shape index (κ1) is 12.7. The fraction of sp³-hybridized carbons (Fsp3) is 0.500. The van der Waals surface area contributed by atoms with Gasteiger partial charge < -0.3 is 4.74 Å². The van der Waals surface area contributed by atoms with E-state index >= 15 is 0 Å². The molecule has 0 aliphatic rings. The summed E-state index contributed by atoms with van der Waals surface area (Å²) in [5.74, 6) is -0.555. The highest BCUT2D eigenvalue weighted by molar-refractivity contribution is 6.67. The fourth-order valence-electron chi connectivity index (χ4n) is 1.24. The number of rotatable bonds is 4. The second-order valence-electron chi connectivity index (χ2n) is 3.45. The molecule has 1 aromatic heterocycles. The van der Waals surface area contributed by atoms with Gasteiger partial charge in [-0.05, 0) is 32.4 Å². The maximum atomic E-state index is 11.4. The van der Waals surface area contributed by atoms with Gasteiger partial charge in [0, 0.05) is 12.1 Å². The first-order chi connectivity index (χ1) is 7.47. The zero-order valence-corrected chi connectivity index (χ0v) is 10.1. The summed E-state index contributed by atoms with van der Waals surface area (Å²) < 4.78 is 6.19. The monoisotopic (exact) mass is 244 g/mol. The summed E-state index contributed by atoms with van der Waals surface area (Å²) in [4.78, 5) is 22.5. The minimum Gasteiger partial charge on any atom is -0.461 e. The number of hydrogen-bond donors (Lipinski definition) is 0. The predicted molar refractivity (Wildman–Crippen MR) is 58.8 cm³/mol. The fourth-order valence-corrected chi connectivity index (χ4v) is 1.38. The summed E-state index contributed by atoms with van der Waals surface area (Å²) in [6, 6.07) is 1.29. The van der Waals surface area contributed by atoms with Gasteiger partial charge in [-0.2, -0.15) is 5.10 Å². The Morgan fingerprint density at radius 2 is 2.19 bits per heavy atom. The van der Waals surface area contributed by atoms with Gasteiger partial charge in [0.05, 0.1) is 6.61 Å². The van der Waals surface area contributed by atoms with Crippen LogP contribution in [0.1, 0.15) is 47.8 Å². The molecular formula is C10H13ClN2O3. The number of aromatic nitrogens is 2. The Hall–Kier alpha value is -1.36. The van der Waals surface area contributed by atoms with Crippen LogP contribution in [0.4, 0.5) is 0 Å². The maximum Gasteiger partial charge on any atom is 0.358 e. The second kappa shape index (κ2) is 5.12. The summed E-state index contributed by atoms with van der Waals surface area (Å²) >= 11 is 5.40. The van der Waals surface area contributed by atoms with E-state index < -0.39 is 11.2 Å². The average molecular weight is 245 g/mol. The van der Waals surface area contributed by atoms with Crippen LogP contribution < -0.4 is 0 Å². The Bertz CT molecular complexity index is 412. The van der Waals surface area contributed by atoms with E-state index in [4.69, 9.17) is 16.3 Å². The van der Waals surface area contributed by atoms with Crippen molar-refractivity contribution in [1.82, 2.24) is 9.78 Å². The van der Waals surface area contributed by atoms with Crippen molar-refractivity contribution < 1.29 is 14.3 Å². The lowest BCUT2D eigenvalue weighted by molar-refractivity contribution is 0.0518. The standard InChI is InChI=1S/C10H13ClN2O3/c1-4-16-10(15)7-5-8(9(11)14)13(12-7)6(2)3/h5-6H,4H2,1-3H3. The molecule has 0 aromatic carbocycles. The van der Waals surface area contributed by atoms with E-state index in [0.717, 1.165) is 0 Å². The normalized spacial score (nSPS) is 10.6. The highest BCUT2D eigenvalue weighted by Crippen LogP contribution is 2.14. The molecule has 0 radical (unpaired) electrons. The van der Waals surface area contributed by atoms with Crippen molar-refractivity contribution in [3.8, 4) is 0 Å². The molecule has 0 atom stereocenters. The van der Waals surface area contributed by atoms with Crippen LogP contribution in [0, 0.1) is 0 Å². The van der Waals surface area contributed by atoms with Crippen molar-refractivity contribution in [3.63, 3.8) is 0 Å². The highest BCUT2D eigenvalue weighted by atomic mass is 35.5. The largest absolute Gasteiger partial charge is 0.461 e. The lowest BCUT2D eigenvalue weighted by Gasteiger charge is -2.07. The molecule has 0 aliphatic carbocycles. The molecule has 0 N–H and O–H groups in total. The first-order valence-electron chi connectivity index (χ1n) is 4.93. The van der Waals surface area contributed by atoms with Crippen LogP contribution in [0.2, 0.25) is 0 Å². The van der Waals surface area contributed by atoms with E-state index in [2.05, 4.69) is 5.10 Å². The van der Waals surface area contributed by atoms with Crippen LogP contribution in [0.3, 0.4) is 0 Å². The molecule has 1 rings (SSSR count). The molecule has 16 heavy (non-hydrogen) atoms. The number of carbonyl (C=O) groups excluding carboxylic acids is 2. The van der Waals surface area contributed by atoms with Crippen LogP contribution in [-0.4, -0.2) is 27.6 Å². The van der Waals surface area contributed by atoms with E-state index in [-0.39, 0.29) is 24.0 Å². The Balaban J connectivity index is 3.11. The van der Waals surface area contributed by atoms with Crippen molar-refractivity contribution in [1.29, 1.82) is 0 Å². The number of nitrogens with zero attached hydrogens (tertiary/aromatic N) is 2. The molecule has 0 aliphatic heterocycles. The molecule has 0 fully saturated rings. The number of esters is 1. The van der Waals surface area contributed by atoms with Gasteiger partial charge >= 0.3 is 5.97 Å². The predicted octanol–water partition coefficient (Wildman–Crippen LogP) is 2.02. The van der Waals surface area contributed by atoms with E-state index in [1.54, 1.807) is 6.92 Å². The minimum atomic E-state index is -0.642. The van der Waals surface area contributed by atoms with E-state index in [1.165, 1.54) is 10.7 Å². The molecular weight excluding hydrogens is 232 g/mol. The number of carbonyl (C=O) groups is 2. The van der Waals surface area contributed by atoms with Gasteiger partial charge in [0.2, 0.25) is 0 Å². The van der Waals surface area contributed by atoms with Crippen LogP contribution in [-0.2, 0) is 4.74 Å². The summed E-state index contributed by atoms with van der Waals surface area (Å²) in [5, 5.41) is 3.34. The van der Waals surface area contributed by atoms with E-state index in [0.29, 0.717) is 0 Å². The number of halogens is 1. The van der Waals surface area contributed by atoms with E-state index in [1.807, 2.05) is 13.8 Å². The topological polar surface area (TPSA) is 61.2 Å². The van der Waals surface area contributed by atoms with Crippen molar-refractivity contribution in [3.05, 3.63) is 17.5 Å². The number of hydrogen-bond acceptors (Lipinski definition) is 4. The van der Waals surface area contributed by atoms with Gasteiger partial charge in [-0.15, -0.1) is 0 Å². The minimum absolute atomic E-state index is 0.0547. The quantitative estimate of drug-likeness (QED) is 0.601. The van der Waals surface area contributed by atoms with Crippen molar-refractivity contribution in [2.45, 2.75) is 26.8 Å². The first-order valence-corrected chi connectivity index (χ1v) is 5.31. The molecule has 0 saturated heterocycles. The molecule has 0 saturated carbocycles. The Kier molecular flexibility index (Phi) is 4.06. The molecule has 0 amide bonds. The summed E-state index contributed by atoms with van der Waals surface area (Å²) in [7, 11) is 0. The lowest BCUT2D eigenvalue weighted by Crippen LogP contribution is -2.11. The lowest BCUT2D eigenvalue weighted by atomic mass is 10.3. The van der Waals surface area contributed by atoms with Gasteiger partial charge in [-0.3, -0.25) is 9.48 Å². The SMILES string of the molecule is CCOC(=O)c1cc(C(=O)Cl)n(C(C)C)n1. The van der Waals surface area contributed by atoms with E-state index in [9.17, 15) is 9.59 Å². The molecule has 0 bridgehead atoms. The molecule has 1 heterocycles. The number of ether oxygens (including phenoxy) is 1. The van der Waals surface area contributed by atoms with Crippen LogP contribution in [0.5, 0.6) is 0 Å². The third-order valence-corrected chi connectivity index (χ3v) is 2.10. The van der Waals surface area contributed by atoms with Gasteiger partial charge in [0.25, 0.3) is 5.24 Å². The molecule has 5 nitrogen and oxygen atoms in total. The van der Waals surface area contributed by atoms with Crippen LogP contribution >= 0.6 is 11.6 Å². The Morgan fingerprint density at radius 1 is 1.56 bits per heavy atom. The average Bonchev–Trinajstić information content (AvgIpc) is 2.62. The van der Waals surface area contributed by atoms with Gasteiger partial charge in [0.1, 0.15) is 5.69 Å². The van der Waals surface area contributed by atoms with Gasteiger partial charge in [-0.1, -0.05) is 0 Å². The maximum absolute atomic E-state index is 11.4. The third kappa shape index (κ3) is 2.61. The molecule has 0 unspecified atom stereocenters. The van der Waals surface area contributed by atoms with Crippen molar-refractivity contribution in [2.24, 2.45) is 0 Å². The Morgan fingerprint density at radius 3 is 2.56 bits per heavy atom. The zero-order chi connectivity index (χ0) is 12.3. The molecule has 88 valence electrons. The summed E-state index contributed by atoms with van der Waals surface area (Å²) in [6.07, 6.45) is 0. The van der Waals surface area contributed by atoms with Crippen LogP contribution in [0.15, 0.2) is 6.07 Å². The van der Waals surface area contributed by atoms with Gasteiger partial charge in [0.15, 0.2) is 5.69 Å². The second-order valence-corrected chi connectivity index (χ2v) is 3.79. The smallest absolute Gasteiger partial charge is 0.358 e. The van der Waals surface area contributed by atoms with Crippen molar-refractivity contribution >= 4 is 22.8 Å². The molecule has 0 spiro atoms. The molecule has 1 aromatic rings. The summed E-state index contributed by atoms with van der Waals surface area (Å²) in [6.45, 7) is 5.64.